The number of ether oxygens (including phenoxy) is 2. The molecule has 4 nitrogen and oxygen atoms in total. The molecule has 0 amide bonds. The summed E-state index contributed by atoms with van der Waals surface area (Å²) in [5.74, 6) is 0.510. The summed E-state index contributed by atoms with van der Waals surface area (Å²) in [6.07, 6.45) is 1.68. The molecule has 4 heteroatoms. The van der Waals surface area contributed by atoms with Crippen LogP contribution in [0.3, 0.4) is 0 Å². The Kier molecular flexibility index (Phi) is 4.73. The van der Waals surface area contributed by atoms with E-state index in [4.69, 9.17) is 4.74 Å². The minimum atomic E-state index is -0.536. The summed E-state index contributed by atoms with van der Waals surface area (Å²) in [5, 5.41) is 0. The molecule has 0 radical (unpaired) electrons. The normalized spacial score (nSPS) is 19.3. The molecule has 0 saturated carbocycles. The summed E-state index contributed by atoms with van der Waals surface area (Å²) in [6.45, 7) is 4.85. The lowest BCUT2D eigenvalue weighted by Crippen LogP contribution is -2.32. The van der Waals surface area contributed by atoms with Gasteiger partial charge in [-0.3, -0.25) is 0 Å². The van der Waals surface area contributed by atoms with Crippen molar-refractivity contribution in [2.45, 2.75) is 19.8 Å². The Balaban J connectivity index is 2.09. The minimum Gasteiger partial charge on any atom is -0.435 e. The first-order valence-corrected chi connectivity index (χ1v) is 5.20. The molecular formula is C10H19NO3. The number of rotatable bonds is 3. The molecule has 0 N–H and O–H groups in total. The molecule has 1 heterocycles. The van der Waals surface area contributed by atoms with Crippen LogP contribution in [0.5, 0.6) is 0 Å². The number of hydrogen-bond acceptors (Lipinski definition) is 4. The number of likely N-dealkylation sites (tertiary alicyclic amines) is 1. The maximum absolute atomic E-state index is 10.9. The van der Waals surface area contributed by atoms with Gasteiger partial charge in [-0.05, 0) is 45.8 Å². The van der Waals surface area contributed by atoms with Gasteiger partial charge in [0.1, 0.15) is 0 Å². The molecular weight excluding hydrogens is 182 g/mol. The molecule has 1 saturated heterocycles. The Bertz CT molecular complexity index is 176. The van der Waals surface area contributed by atoms with Crippen LogP contribution in [-0.4, -0.2) is 44.4 Å². The van der Waals surface area contributed by atoms with Crippen molar-refractivity contribution < 1.29 is 14.3 Å². The van der Waals surface area contributed by atoms with Crippen LogP contribution >= 0.6 is 0 Å². The highest BCUT2D eigenvalue weighted by Crippen LogP contribution is 2.16. The smallest absolute Gasteiger partial charge is 0.435 e. The van der Waals surface area contributed by atoms with Gasteiger partial charge in [0.2, 0.25) is 0 Å². The Morgan fingerprint density at radius 1 is 1.36 bits per heavy atom. The van der Waals surface area contributed by atoms with Crippen LogP contribution in [0.2, 0.25) is 0 Å². The fraction of sp³-hybridized carbons (Fsp3) is 0.900. The molecule has 1 aliphatic rings. The summed E-state index contributed by atoms with van der Waals surface area (Å²) in [7, 11) is 2.11. The van der Waals surface area contributed by atoms with Crippen molar-refractivity contribution in [1.29, 1.82) is 0 Å². The highest BCUT2D eigenvalue weighted by Gasteiger charge is 2.18. The fourth-order valence-corrected chi connectivity index (χ4v) is 1.57. The van der Waals surface area contributed by atoms with Crippen LogP contribution in [0.25, 0.3) is 0 Å². The first-order chi connectivity index (χ1) is 6.72. The van der Waals surface area contributed by atoms with E-state index in [1.165, 1.54) is 0 Å². The van der Waals surface area contributed by atoms with E-state index in [-0.39, 0.29) is 0 Å². The van der Waals surface area contributed by atoms with Crippen molar-refractivity contribution in [3.8, 4) is 0 Å². The Labute approximate surface area is 85.2 Å². The second-order valence-electron chi connectivity index (χ2n) is 3.74. The topological polar surface area (TPSA) is 38.8 Å². The van der Waals surface area contributed by atoms with E-state index in [0.717, 1.165) is 25.9 Å². The monoisotopic (exact) mass is 201 g/mol. The molecule has 0 aliphatic carbocycles. The zero-order chi connectivity index (χ0) is 10.4. The second kappa shape index (κ2) is 5.86. The van der Waals surface area contributed by atoms with E-state index in [9.17, 15) is 4.79 Å². The summed E-state index contributed by atoms with van der Waals surface area (Å²) in [4.78, 5) is 13.2. The summed E-state index contributed by atoms with van der Waals surface area (Å²) >= 11 is 0. The third kappa shape index (κ3) is 3.96. The third-order valence-corrected chi connectivity index (χ3v) is 2.54. The van der Waals surface area contributed by atoms with Crippen molar-refractivity contribution >= 4 is 6.16 Å². The van der Waals surface area contributed by atoms with Gasteiger partial charge in [-0.2, -0.15) is 0 Å². The Morgan fingerprint density at radius 2 is 2.00 bits per heavy atom. The van der Waals surface area contributed by atoms with Crippen molar-refractivity contribution in [3.05, 3.63) is 0 Å². The summed E-state index contributed by atoms with van der Waals surface area (Å²) in [5.41, 5.74) is 0. The first-order valence-electron chi connectivity index (χ1n) is 5.20. The van der Waals surface area contributed by atoms with Gasteiger partial charge in [-0.15, -0.1) is 0 Å². The van der Waals surface area contributed by atoms with Crippen molar-refractivity contribution in [1.82, 2.24) is 4.90 Å². The molecule has 1 fully saturated rings. The van der Waals surface area contributed by atoms with E-state index in [1.54, 1.807) is 6.92 Å². The lowest BCUT2D eigenvalue weighted by molar-refractivity contribution is 0.0388. The maximum atomic E-state index is 10.9. The van der Waals surface area contributed by atoms with Crippen LogP contribution in [0, 0.1) is 5.92 Å². The second-order valence-corrected chi connectivity index (χ2v) is 3.74. The van der Waals surface area contributed by atoms with Gasteiger partial charge < -0.3 is 14.4 Å². The molecule has 0 unspecified atom stereocenters. The molecule has 0 aromatic heterocycles. The quantitative estimate of drug-likeness (QED) is 0.649. The number of nitrogens with zero attached hydrogens (tertiary/aromatic N) is 1. The molecule has 0 aromatic carbocycles. The summed E-state index contributed by atoms with van der Waals surface area (Å²) < 4.78 is 9.66. The summed E-state index contributed by atoms with van der Waals surface area (Å²) in [6, 6.07) is 0. The predicted molar refractivity (Wildman–Crippen MR) is 53.2 cm³/mol. The van der Waals surface area contributed by atoms with E-state index in [2.05, 4.69) is 16.7 Å². The highest BCUT2D eigenvalue weighted by molar-refractivity contribution is 5.59. The fourth-order valence-electron chi connectivity index (χ4n) is 1.57. The minimum absolute atomic E-state index is 0.381. The predicted octanol–water partition coefficient (Wildman–Crippen LogP) is 1.50. The largest absolute Gasteiger partial charge is 0.508 e. The van der Waals surface area contributed by atoms with Gasteiger partial charge in [-0.1, -0.05) is 0 Å². The zero-order valence-corrected chi connectivity index (χ0v) is 8.99. The van der Waals surface area contributed by atoms with E-state index < -0.39 is 6.16 Å². The maximum Gasteiger partial charge on any atom is 0.508 e. The van der Waals surface area contributed by atoms with Crippen LogP contribution in [0.4, 0.5) is 4.79 Å². The average molecular weight is 201 g/mol. The van der Waals surface area contributed by atoms with E-state index in [0.29, 0.717) is 19.1 Å². The third-order valence-electron chi connectivity index (χ3n) is 2.54. The van der Waals surface area contributed by atoms with Gasteiger partial charge >= 0.3 is 6.16 Å². The van der Waals surface area contributed by atoms with Crippen LogP contribution in [0.15, 0.2) is 0 Å². The highest BCUT2D eigenvalue weighted by atomic mass is 16.7. The zero-order valence-electron chi connectivity index (χ0n) is 8.99. The van der Waals surface area contributed by atoms with Crippen LogP contribution in [-0.2, 0) is 9.47 Å². The lowest BCUT2D eigenvalue weighted by Gasteiger charge is -2.28. The molecule has 0 spiro atoms. The van der Waals surface area contributed by atoms with Gasteiger partial charge in [0, 0.05) is 0 Å². The van der Waals surface area contributed by atoms with Crippen molar-refractivity contribution in [3.63, 3.8) is 0 Å². The van der Waals surface area contributed by atoms with Gasteiger partial charge in [0.15, 0.2) is 0 Å². The molecule has 14 heavy (non-hydrogen) atoms. The lowest BCUT2D eigenvalue weighted by atomic mass is 9.98. The Morgan fingerprint density at radius 3 is 2.57 bits per heavy atom. The van der Waals surface area contributed by atoms with E-state index in [1.807, 2.05) is 0 Å². The van der Waals surface area contributed by atoms with Crippen molar-refractivity contribution in [2.24, 2.45) is 5.92 Å². The average Bonchev–Trinajstić information content (AvgIpc) is 2.17. The SMILES string of the molecule is CCOC(=O)OCC1CCN(C)CC1. The van der Waals surface area contributed by atoms with Gasteiger partial charge in [0.05, 0.1) is 13.2 Å². The Hall–Kier alpha value is -0.770. The molecule has 1 rings (SSSR count). The standard InChI is InChI=1S/C10H19NO3/c1-3-13-10(12)14-8-9-4-6-11(2)7-5-9/h9H,3-8H2,1-2H3. The molecule has 0 aromatic rings. The number of hydrogen-bond donors (Lipinski definition) is 0. The number of carbonyl (C=O) groups excluding carboxylic acids is 1. The first kappa shape index (κ1) is 11.3. The molecule has 1 aliphatic heterocycles. The van der Waals surface area contributed by atoms with Crippen LogP contribution in [0.1, 0.15) is 19.8 Å². The van der Waals surface area contributed by atoms with Gasteiger partial charge in [-0.25, -0.2) is 4.79 Å². The number of piperidine rings is 1. The molecule has 0 bridgehead atoms. The van der Waals surface area contributed by atoms with Gasteiger partial charge in [0.25, 0.3) is 0 Å². The van der Waals surface area contributed by atoms with Crippen LogP contribution < -0.4 is 0 Å². The van der Waals surface area contributed by atoms with Crippen molar-refractivity contribution in [2.75, 3.05) is 33.4 Å². The van der Waals surface area contributed by atoms with E-state index >= 15 is 0 Å². The molecule has 82 valence electrons. The molecule has 0 atom stereocenters. The number of carbonyl (C=O) groups is 1.